The molecular formula is C21H16O4. The van der Waals surface area contributed by atoms with E-state index in [1.807, 2.05) is 24.3 Å². The predicted molar refractivity (Wildman–Crippen MR) is 94.0 cm³/mol. The van der Waals surface area contributed by atoms with Gasteiger partial charge < -0.3 is 9.47 Å². The van der Waals surface area contributed by atoms with Crippen molar-refractivity contribution in [1.29, 1.82) is 0 Å². The topological polar surface area (TPSA) is 52.6 Å². The number of benzene rings is 3. The van der Waals surface area contributed by atoms with Gasteiger partial charge in [0.1, 0.15) is 17.1 Å². The molecule has 4 nitrogen and oxygen atoms in total. The van der Waals surface area contributed by atoms with Crippen LogP contribution in [0, 0.1) is 0 Å². The van der Waals surface area contributed by atoms with Crippen molar-refractivity contribution in [3.63, 3.8) is 0 Å². The number of rotatable bonds is 6. The Morgan fingerprint density at radius 1 is 0.720 bits per heavy atom. The fraction of sp³-hybridized carbons (Fsp3) is 0.0476. The van der Waals surface area contributed by atoms with Gasteiger partial charge in [0.05, 0.1) is 0 Å². The van der Waals surface area contributed by atoms with E-state index in [9.17, 15) is 9.59 Å². The molecule has 0 aliphatic heterocycles. The summed E-state index contributed by atoms with van der Waals surface area (Å²) in [7, 11) is 0. The molecule has 0 heterocycles. The summed E-state index contributed by atoms with van der Waals surface area (Å²) in [4.78, 5) is 24.4. The van der Waals surface area contributed by atoms with Crippen LogP contribution >= 0.6 is 0 Å². The van der Waals surface area contributed by atoms with Crippen LogP contribution in [0.15, 0.2) is 84.9 Å². The number of ketones is 1. The summed E-state index contributed by atoms with van der Waals surface area (Å²) in [5.74, 6) is 0.139. The van der Waals surface area contributed by atoms with Crippen LogP contribution in [0.1, 0.15) is 20.7 Å². The second-order valence-corrected chi connectivity index (χ2v) is 5.28. The van der Waals surface area contributed by atoms with Crippen LogP contribution in [0.25, 0.3) is 0 Å². The van der Waals surface area contributed by atoms with E-state index < -0.39 is 5.97 Å². The summed E-state index contributed by atoms with van der Waals surface area (Å²) in [5.41, 5.74) is 0.774. The molecule has 3 aromatic rings. The van der Waals surface area contributed by atoms with Crippen molar-refractivity contribution in [3.8, 4) is 11.5 Å². The van der Waals surface area contributed by atoms with Crippen LogP contribution in [0.5, 0.6) is 11.5 Å². The first-order chi connectivity index (χ1) is 12.2. The zero-order valence-corrected chi connectivity index (χ0v) is 13.4. The predicted octanol–water partition coefficient (Wildman–Crippen LogP) is 4.52. The van der Waals surface area contributed by atoms with Crippen molar-refractivity contribution in [2.75, 3.05) is 6.61 Å². The van der Waals surface area contributed by atoms with Gasteiger partial charge >= 0.3 is 5.97 Å². The van der Waals surface area contributed by atoms with Crippen LogP contribution in [-0.4, -0.2) is 18.4 Å². The van der Waals surface area contributed by atoms with E-state index in [0.29, 0.717) is 17.1 Å². The fourth-order valence-corrected chi connectivity index (χ4v) is 2.26. The molecular weight excluding hydrogens is 316 g/mol. The first-order valence-corrected chi connectivity index (χ1v) is 7.81. The highest BCUT2D eigenvalue weighted by Gasteiger charge is 2.16. The second-order valence-electron chi connectivity index (χ2n) is 5.28. The van der Waals surface area contributed by atoms with Crippen molar-refractivity contribution >= 4 is 11.8 Å². The maximum Gasteiger partial charge on any atom is 0.342 e. The zero-order valence-electron chi connectivity index (χ0n) is 13.4. The molecule has 3 aromatic carbocycles. The smallest absolute Gasteiger partial charge is 0.342 e. The minimum atomic E-state index is -0.601. The van der Waals surface area contributed by atoms with Crippen molar-refractivity contribution in [3.05, 3.63) is 96.1 Å². The summed E-state index contributed by atoms with van der Waals surface area (Å²) in [6.45, 7) is -0.317. The van der Waals surface area contributed by atoms with E-state index in [1.54, 1.807) is 60.7 Å². The Balaban J connectivity index is 1.69. The third kappa shape index (κ3) is 4.32. The van der Waals surface area contributed by atoms with Crippen LogP contribution < -0.4 is 4.74 Å². The van der Waals surface area contributed by atoms with Crippen LogP contribution in [0.3, 0.4) is 0 Å². The van der Waals surface area contributed by atoms with Crippen LogP contribution in [0.2, 0.25) is 0 Å². The van der Waals surface area contributed by atoms with Gasteiger partial charge in [-0.25, -0.2) is 4.79 Å². The van der Waals surface area contributed by atoms with Crippen LogP contribution in [0.4, 0.5) is 0 Å². The van der Waals surface area contributed by atoms with Gasteiger partial charge in [-0.05, 0) is 24.3 Å². The average Bonchev–Trinajstić information content (AvgIpc) is 2.68. The van der Waals surface area contributed by atoms with Gasteiger partial charge in [-0.15, -0.1) is 0 Å². The molecule has 0 aromatic heterocycles. The first kappa shape index (κ1) is 16.5. The van der Waals surface area contributed by atoms with E-state index in [1.165, 1.54) is 0 Å². The van der Waals surface area contributed by atoms with Gasteiger partial charge in [-0.1, -0.05) is 60.7 Å². The third-order valence-electron chi connectivity index (χ3n) is 3.51. The molecule has 0 aliphatic rings. The number of Topliss-reactive ketones (excluding diaryl/α,β-unsaturated/α-hetero) is 1. The Hall–Kier alpha value is -3.40. The normalized spacial score (nSPS) is 10.1. The van der Waals surface area contributed by atoms with Crippen molar-refractivity contribution in [1.82, 2.24) is 0 Å². The molecule has 0 atom stereocenters. The molecule has 0 saturated carbocycles. The standard InChI is InChI=1S/C21H16O4/c22-19(16-9-3-1-4-10-16)15-24-21(23)18-13-7-8-14-20(18)25-17-11-5-2-6-12-17/h1-14H,15H2. The highest BCUT2D eigenvalue weighted by Crippen LogP contribution is 2.25. The molecule has 0 spiro atoms. The summed E-state index contributed by atoms with van der Waals surface area (Å²) < 4.78 is 10.9. The number of carbonyl (C=O) groups is 2. The lowest BCUT2D eigenvalue weighted by molar-refractivity contribution is 0.0472. The number of carbonyl (C=O) groups excluding carboxylic acids is 2. The van der Waals surface area contributed by atoms with Gasteiger partial charge in [0.15, 0.2) is 12.4 Å². The van der Waals surface area contributed by atoms with Gasteiger partial charge in [0.2, 0.25) is 0 Å². The van der Waals surface area contributed by atoms with Gasteiger partial charge in [0.25, 0.3) is 0 Å². The largest absolute Gasteiger partial charge is 0.456 e. The minimum absolute atomic E-state index is 0.254. The lowest BCUT2D eigenvalue weighted by atomic mass is 10.1. The van der Waals surface area contributed by atoms with Gasteiger partial charge in [-0.2, -0.15) is 0 Å². The van der Waals surface area contributed by atoms with E-state index in [0.717, 1.165) is 0 Å². The maximum atomic E-state index is 12.3. The molecule has 4 heteroatoms. The average molecular weight is 332 g/mol. The fourth-order valence-electron chi connectivity index (χ4n) is 2.26. The highest BCUT2D eigenvalue weighted by molar-refractivity contribution is 5.99. The summed E-state index contributed by atoms with van der Waals surface area (Å²) in [6.07, 6.45) is 0. The van der Waals surface area contributed by atoms with Crippen molar-refractivity contribution in [2.24, 2.45) is 0 Å². The Morgan fingerprint density at radius 3 is 2.04 bits per heavy atom. The Bertz CT molecular complexity index is 857. The van der Waals surface area contributed by atoms with Crippen LogP contribution in [-0.2, 0) is 4.74 Å². The van der Waals surface area contributed by atoms with E-state index in [4.69, 9.17) is 9.47 Å². The number of esters is 1. The molecule has 0 amide bonds. The maximum absolute atomic E-state index is 12.3. The molecule has 25 heavy (non-hydrogen) atoms. The molecule has 0 saturated heterocycles. The molecule has 3 rings (SSSR count). The Labute approximate surface area is 145 Å². The van der Waals surface area contributed by atoms with E-state index >= 15 is 0 Å². The number of para-hydroxylation sites is 2. The van der Waals surface area contributed by atoms with Gasteiger partial charge in [0, 0.05) is 5.56 Å². The number of ether oxygens (including phenoxy) is 2. The van der Waals surface area contributed by atoms with Crippen molar-refractivity contribution < 1.29 is 19.1 Å². The summed E-state index contributed by atoms with van der Waals surface area (Å²) in [5, 5.41) is 0. The Morgan fingerprint density at radius 2 is 1.32 bits per heavy atom. The quantitative estimate of drug-likeness (QED) is 0.492. The molecule has 0 N–H and O–H groups in total. The highest BCUT2D eigenvalue weighted by atomic mass is 16.5. The summed E-state index contributed by atoms with van der Waals surface area (Å²) >= 11 is 0. The molecule has 0 fully saturated rings. The minimum Gasteiger partial charge on any atom is -0.456 e. The summed E-state index contributed by atoms with van der Waals surface area (Å²) in [6, 6.07) is 24.6. The lowest BCUT2D eigenvalue weighted by Crippen LogP contribution is -2.14. The molecule has 0 bridgehead atoms. The van der Waals surface area contributed by atoms with Crippen molar-refractivity contribution in [2.45, 2.75) is 0 Å². The number of hydrogen-bond donors (Lipinski definition) is 0. The van der Waals surface area contributed by atoms with E-state index in [2.05, 4.69) is 0 Å². The molecule has 124 valence electrons. The monoisotopic (exact) mass is 332 g/mol. The third-order valence-corrected chi connectivity index (χ3v) is 3.51. The lowest BCUT2D eigenvalue weighted by Gasteiger charge is -2.10. The first-order valence-electron chi connectivity index (χ1n) is 7.81. The molecule has 0 radical (unpaired) electrons. The number of hydrogen-bond acceptors (Lipinski definition) is 4. The Kier molecular flexibility index (Phi) is 5.22. The second kappa shape index (κ2) is 7.93. The molecule has 0 unspecified atom stereocenters. The zero-order chi connectivity index (χ0) is 17.5. The SMILES string of the molecule is O=C(COC(=O)c1ccccc1Oc1ccccc1)c1ccccc1. The molecule has 0 aliphatic carbocycles. The van der Waals surface area contributed by atoms with E-state index in [-0.39, 0.29) is 18.0 Å². The van der Waals surface area contributed by atoms with Gasteiger partial charge in [-0.3, -0.25) is 4.79 Å².